The molecule has 0 atom stereocenters. The first-order chi connectivity index (χ1) is 9.12. The molecule has 5 nitrogen and oxygen atoms in total. The maximum Gasteiger partial charge on any atom is 0.305 e. The predicted octanol–water partition coefficient (Wildman–Crippen LogP) is 2.77. The van der Waals surface area contributed by atoms with Gasteiger partial charge in [0, 0.05) is 23.4 Å². The molecule has 20 heavy (non-hydrogen) atoms. The van der Waals surface area contributed by atoms with Gasteiger partial charge in [0.2, 0.25) is 0 Å². The molecule has 6 heteroatoms. The van der Waals surface area contributed by atoms with E-state index in [-0.39, 0.29) is 30.3 Å². The first-order valence-electron chi connectivity index (χ1n) is 6.61. The zero-order valence-electron chi connectivity index (χ0n) is 12.6. The Balaban J connectivity index is 2.89. The van der Waals surface area contributed by atoms with E-state index < -0.39 is 5.97 Å². The summed E-state index contributed by atoms with van der Waals surface area (Å²) in [6.45, 7) is 10.1. The number of carboxylic acids is 1. The third-order valence-corrected chi connectivity index (χ3v) is 4.08. The molecule has 1 N–H and O–H groups in total. The van der Waals surface area contributed by atoms with E-state index in [0.29, 0.717) is 5.69 Å². The minimum Gasteiger partial charge on any atom is -0.481 e. The summed E-state index contributed by atoms with van der Waals surface area (Å²) in [5.74, 6) is -1.11. The fraction of sp³-hybridized carbons (Fsp3) is 0.643. The van der Waals surface area contributed by atoms with Crippen LogP contribution in [0.25, 0.3) is 0 Å². The van der Waals surface area contributed by atoms with E-state index in [1.54, 1.807) is 10.3 Å². The monoisotopic (exact) mass is 298 g/mol. The second-order valence-corrected chi connectivity index (χ2v) is 6.88. The lowest BCUT2D eigenvalue weighted by molar-refractivity contribution is -0.137. The number of rotatable bonds is 5. The summed E-state index contributed by atoms with van der Waals surface area (Å²) in [4.78, 5) is 29.0. The maximum atomic E-state index is 12.4. The van der Waals surface area contributed by atoms with Crippen LogP contribution in [-0.4, -0.2) is 39.5 Å². The zero-order valence-corrected chi connectivity index (χ0v) is 13.5. The standard InChI is InChI=1S/C14H22N2O3S/c1-9(2)16(7-6-11(17)18)12(19)10-8-20-13(15-10)14(3,4)5/h8-9H,6-7H2,1-5H3,(H,17,18). The van der Waals surface area contributed by atoms with Crippen molar-refractivity contribution in [3.05, 3.63) is 16.1 Å². The molecule has 0 spiro atoms. The zero-order chi connectivity index (χ0) is 15.5. The lowest BCUT2D eigenvalue weighted by Gasteiger charge is -2.25. The Morgan fingerprint density at radius 1 is 1.40 bits per heavy atom. The summed E-state index contributed by atoms with van der Waals surface area (Å²) >= 11 is 1.46. The van der Waals surface area contributed by atoms with Crippen molar-refractivity contribution >= 4 is 23.2 Å². The molecule has 1 rings (SSSR count). The average Bonchev–Trinajstić information content (AvgIpc) is 2.76. The summed E-state index contributed by atoms with van der Waals surface area (Å²) in [7, 11) is 0. The van der Waals surface area contributed by atoms with Gasteiger partial charge in [-0.1, -0.05) is 20.8 Å². The number of aromatic nitrogens is 1. The Morgan fingerprint density at radius 3 is 2.40 bits per heavy atom. The van der Waals surface area contributed by atoms with E-state index in [2.05, 4.69) is 4.98 Å². The first kappa shape index (κ1) is 16.6. The quantitative estimate of drug-likeness (QED) is 0.907. The lowest BCUT2D eigenvalue weighted by Crippen LogP contribution is -2.38. The van der Waals surface area contributed by atoms with Crippen molar-refractivity contribution in [1.82, 2.24) is 9.88 Å². The van der Waals surface area contributed by atoms with E-state index in [1.165, 1.54) is 11.3 Å². The van der Waals surface area contributed by atoms with E-state index in [1.807, 2.05) is 34.6 Å². The number of carbonyl (C=O) groups is 2. The van der Waals surface area contributed by atoms with Gasteiger partial charge in [-0.05, 0) is 13.8 Å². The van der Waals surface area contributed by atoms with Crippen LogP contribution in [-0.2, 0) is 10.2 Å². The Morgan fingerprint density at radius 2 is 2.00 bits per heavy atom. The van der Waals surface area contributed by atoms with Crippen molar-refractivity contribution in [2.24, 2.45) is 0 Å². The van der Waals surface area contributed by atoms with Crippen LogP contribution >= 0.6 is 11.3 Å². The van der Waals surface area contributed by atoms with E-state index in [4.69, 9.17) is 5.11 Å². The van der Waals surface area contributed by atoms with E-state index in [9.17, 15) is 9.59 Å². The van der Waals surface area contributed by atoms with Crippen molar-refractivity contribution in [1.29, 1.82) is 0 Å². The van der Waals surface area contributed by atoms with Gasteiger partial charge in [0.25, 0.3) is 5.91 Å². The van der Waals surface area contributed by atoms with E-state index in [0.717, 1.165) is 5.01 Å². The number of amides is 1. The van der Waals surface area contributed by atoms with Crippen molar-refractivity contribution in [3.63, 3.8) is 0 Å². The van der Waals surface area contributed by atoms with Gasteiger partial charge in [-0.25, -0.2) is 4.98 Å². The molecule has 1 heterocycles. The van der Waals surface area contributed by atoms with Crippen molar-refractivity contribution in [3.8, 4) is 0 Å². The fourth-order valence-electron chi connectivity index (χ4n) is 1.67. The summed E-state index contributed by atoms with van der Waals surface area (Å²) in [5, 5.41) is 11.4. The third kappa shape index (κ3) is 4.30. The van der Waals surface area contributed by atoms with Gasteiger partial charge >= 0.3 is 5.97 Å². The highest BCUT2D eigenvalue weighted by atomic mass is 32.1. The Kier molecular flexibility index (Phi) is 5.28. The van der Waals surface area contributed by atoms with Gasteiger partial charge in [0.05, 0.1) is 11.4 Å². The van der Waals surface area contributed by atoms with Crippen LogP contribution in [0.4, 0.5) is 0 Å². The van der Waals surface area contributed by atoms with Crippen molar-refractivity contribution < 1.29 is 14.7 Å². The number of carbonyl (C=O) groups excluding carboxylic acids is 1. The van der Waals surface area contributed by atoms with Gasteiger partial charge in [-0.2, -0.15) is 0 Å². The molecule has 0 saturated carbocycles. The lowest BCUT2D eigenvalue weighted by atomic mass is 9.98. The Bertz CT molecular complexity index is 489. The van der Waals surface area contributed by atoms with Gasteiger partial charge in [-0.15, -0.1) is 11.3 Å². The minimum absolute atomic E-state index is 0.0540. The number of hydrogen-bond donors (Lipinski definition) is 1. The highest BCUT2D eigenvalue weighted by Gasteiger charge is 2.24. The molecule has 0 aliphatic rings. The molecule has 0 fully saturated rings. The van der Waals surface area contributed by atoms with Crippen LogP contribution < -0.4 is 0 Å². The Hall–Kier alpha value is -1.43. The van der Waals surface area contributed by atoms with Crippen LogP contribution in [0.5, 0.6) is 0 Å². The highest BCUT2D eigenvalue weighted by molar-refractivity contribution is 7.10. The first-order valence-corrected chi connectivity index (χ1v) is 7.49. The average molecular weight is 298 g/mol. The van der Waals surface area contributed by atoms with Crippen LogP contribution in [0.3, 0.4) is 0 Å². The Labute approximate surface area is 123 Å². The number of thiazole rings is 1. The van der Waals surface area contributed by atoms with Gasteiger partial charge < -0.3 is 10.0 Å². The fourth-order valence-corrected chi connectivity index (χ4v) is 2.56. The smallest absolute Gasteiger partial charge is 0.305 e. The molecule has 1 aromatic rings. The van der Waals surface area contributed by atoms with E-state index >= 15 is 0 Å². The van der Waals surface area contributed by atoms with Crippen LogP contribution in [0.15, 0.2) is 5.38 Å². The van der Waals surface area contributed by atoms with Crippen LogP contribution in [0.2, 0.25) is 0 Å². The third-order valence-electron chi connectivity index (χ3n) is 2.82. The molecule has 0 aromatic carbocycles. The summed E-state index contributed by atoms with van der Waals surface area (Å²) in [6, 6.07) is -0.0540. The molecule has 0 bridgehead atoms. The largest absolute Gasteiger partial charge is 0.481 e. The molecule has 0 saturated heterocycles. The molecular formula is C14H22N2O3S. The number of carboxylic acid groups (broad SMARTS) is 1. The molecule has 0 unspecified atom stereocenters. The number of aliphatic carboxylic acids is 1. The molecule has 0 aliphatic carbocycles. The number of nitrogens with zero attached hydrogens (tertiary/aromatic N) is 2. The SMILES string of the molecule is CC(C)N(CCC(=O)O)C(=O)c1csc(C(C)(C)C)n1. The molecule has 0 radical (unpaired) electrons. The predicted molar refractivity (Wildman–Crippen MR) is 79.2 cm³/mol. The van der Waals surface area contributed by atoms with Crippen LogP contribution in [0.1, 0.15) is 56.5 Å². The second kappa shape index (κ2) is 6.35. The molecular weight excluding hydrogens is 276 g/mol. The summed E-state index contributed by atoms with van der Waals surface area (Å²) < 4.78 is 0. The molecule has 112 valence electrons. The summed E-state index contributed by atoms with van der Waals surface area (Å²) in [5.41, 5.74) is 0.312. The second-order valence-electron chi connectivity index (χ2n) is 6.02. The minimum atomic E-state index is -0.905. The van der Waals surface area contributed by atoms with Crippen molar-refractivity contribution in [2.75, 3.05) is 6.54 Å². The van der Waals surface area contributed by atoms with Gasteiger partial charge in [-0.3, -0.25) is 9.59 Å². The van der Waals surface area contributed by atoms with Gasteiger partial charge in [0.15, 0.2) is 0 Å². The molecule has 0 aliphatic heterocycles. The van der Waals surface area contributed by atoms with Crippen molar-refractivity contribution in [2.45, 2.75) is 52.5 Å². The number of hydrogen-bond acceptors (Lipinski definition) is 4. The molecule has 1 aromatic heterocycles. The normalized spacial score (nSPS) is 11.7. The topological polar surface area (TPSA) is 70.5 Å². The summed E-state index contributed by atoms with van der Waals surface area (Å²) in [6.07, 6.45) is -0.0554. The maximum absolute atomic E-state index is 12.4. The molecule has 1 amide bonds. The van der Waals surface area contributed by atoms with Crippen LogP contribution in [0, 0.1) is 0 Å². The van der Waals surface area contributed by atoms with Gasteiger partial charge in [0.1, 0.15) is 5.69 Å². The highest BCUT2D eigenvalue weighted by Crippen LogP contribution is 2.26.